The van der Waals surface area contributed by atoms with Crippen molar-refractivity contribution in [3.8, 4) is 0 Å². The van der Waals surface area contributed by atoms with Crippen molar-refractivity contribution in [2.45, 2.75) is 0 Å². The van der Waals surface area contributed by atoms with Gasteiger partial charge in [-0.3, -0.25) is 0 Å². The summed E-state index contributed by atoms with van der Waals surface area (Å²) in [6.45, 7) is 0. The molecule has 2 radical (unpaired) electrons. The summed E-state index contributed by atoms with van der Waals surface area (Å²) >= 11 is 0. The van der Waals surface area contributed by atoms with E-state index in [0.29, 0.717) is 0 Å². The van der Waals surface area contributed by atoms with E-state index in [4.69, 9.17) is 0 Å². The average Bonchev–Trinajstić information content (AvgIpc) is 0. The van der Waals surface area contributed by atoms with Gasteiger partial charge in [0, 0.05) is 0 Å². The monoisotopic (exact) mass is 222 g/mol. The molecule has 0 aromatic carbocycles. The first kappa shape index (κ1) is 149. The van der Waals surface area contributed by atoms with E-state index in [-0.39, 0.29) is 67.6 Å². The zero-order valence-corrected chi connectivity index (χ0v) is 5.48. The number of hydrogen-bond donors (Lipinski definition) is 0. The summed E-state index contributed by atoms with van der Waals surface area (Å²) in [7, 11) is 0. The number of hydrogen-bond acceptors (Lipinski definition) is 0. The van der Waals surface area contributed by atoms with E-state index in [1.54, 1.807) is 0 Å². The van der Waals surface area contributed by atoms with Crippen molar-refractivity contribution in [3.05, 3.63) is 0 Å². The van der Waals surface area contributed by atoms with Gasteiger partial charge in [-0.15, -0.1) is 0 Å². The molecule has 0 aliphatic heterocycles. The van der Waals surface area contributed by atoms with Crippen LogP contribution in [0.4, 0.5) is 0 Å². The molecule has 0 amide bonds. The van der Waals surface area contributed by atoms with E-state index in [0.717, 1.165) is 0 Å². The number of rotatable bonds is 0. The van der Waals surface area contributed by atoms with Crippen molar-refractivity contribution in [1.29, 1.82) is 0 Å². The maximum absolute atomic E-state index is 0. The Hall–Kier alpha value is 1.44. The van der Waals surface area contributed by atoms with Gasteiger partial charge in [0.2, 0.25) is 0 Å². The molecule has 0 aromatic heterocycles. The molecule has 44 valence electrons. The zero-order chi connectivity index (χ0) is 0. The van der Waals surface area contributed by atoms with Gasteiger partial charge in [0.15, 0.2) is 0 Å². The third-order valence-corrected chi connectivity index (χ3v) is 0. The smallest absolute Gasteiger partial charge is 2.00 e. The summed E-state index contributed by atoms with van der Waals surface area (Å²) in [6.07, 6.45) is 0. The molecule has 0 N–H and O–H groups in total. The second-order valence-electron chi connectivity index (χ2n) is 0. The third-order valence-electron chi connectivity index (χ3n) is 0. The summed E-state index contributed by atoms with van der Waals surface area (Å²) in [5.74, 6) is 0. The minimum absolute atomic E-state index is 0. The van der Waals surface area contributed by atoms with Crippen LogP contribution in [0.15, 0.2) is 0 Å². The van der Waals surface area contributed by atoms with Gasteiger partial charge < -0.3 is 16.4 Å². The van der Waals surface area contributed by atoms with Crippen LogP contribution >= 0.6 is 0 Å². The van der Waals surface area contributed by atoms with Crippen LogP contribution in [0.1, 0.15) is 0 Å². The van der Waals surface area contributed by atoms with Crippen LogP contribution in [-0.2, 0) is 67.6 Å². The Morgan fingerprint density at radius 3 is 0.667 bits per heavy atom. The van der Waals surface area contributed by atoms with Crippen LogP contribution in [0, 0.1) is 0 Å². The van der Waals surface area contributed by atoms with Crippen LogP contribution in [0.25, 0.3) is 0 Å². The molecule has 6 heavy (non-hydrogen) atoms. The minimum atomic E-state index is 0. The van der Waals surface area contributed by atoms with E-state index in [1.807, 2.05) is 0 Å². The standard InChI is InChI=1S/Cu.Fe.Mn.3O/q3*+2;3*-2. The molecule has 0 unspecified atom stereocenters. The maximum atomic E-state index is 0. The topological polar surface area (TPSA) is 85.5 Å². The normalized spacial score (nSPS) is 0. The van der Waals surface area contributed by atoms with Crippen molar-refractivity contribution < 1.29 is 67.6 Å². The Kier molecular flexibility index (Phi) is 2290. The molecule has 0 aromatic rings. The van der Waals surface area contributed by atoms with E-state index in [1.165, 1.54) is 0 Å². The van der Waals surface area contributed by atoms with E-state index in [2.05, 4.69) is 0 Å². The van der Waals surface area contributed by atoms with E-state index < -0.39 is 0 Å². The summed E-state index contributed by atoms with van der Waals surface area (Å²) < 4.78 is 0. The Morgan fingerprint density at radius 2 is 0.667 bits per heavy atom. The van der Waals surface area contributed by atoms with Crippen LogP contribution in [0.5, 0.6) is 0 Å². The average molecular weight is 222 g/mol. The van der Waals surface area contributed by atoms with Crippen LogP contribution < -0.4 is 0 Å². The summed E-state index contributed by atoms with van der Waals surface area (Å²) in [5.41, 5.74) is 0. The molecule has 0 rings (SSSR count). The van der Waals surface area contributed by atoms with Gasteiger partial charge >= 0.3 is 51.2 Å². The van der Waals surface area contributed by atoms with Gasteiger partial charge in [-0.1, -0.05) is 0 Å². The molecule has 6 heteroatoms. The quantitative estimate of drug-likeness (QED) is 0.501. The van der Waals surface area contributed by atoms with Crippen molar-refractivity contribution in [2.75, 3.05) is 0 Å². The maximum Gasteiger partial charge on any atom is 2.00 e. The van der Waals surface area contributed by atoms with Crippen LogP contribution in [-0.4, -0.2) is 0 Å². The Balaban J connectivity index is 0. The molecule has 0 fully saturated rings. The molecule has 0 heterocycles. The predicted molar refractivity (Wildman–Crippen MR) is 2.06 cm³/mol. The first-order valence-corrected chi connectivity index (χ1v) is 0. The molecule has 0 atom stereocenters. The summed E-state index contributed by atoms with van der Waals surface area (Å²) in [4.78, 5) is 0. The first-order chi connectivity index (χ1) is 0. The second-order valence-corrected chi connectivity index (χ2v) is 0. The fraction of sp³-hybridized carbons (Fsp3) is 0. The third kappa shape index (κ3) is 51.8. The Morgan fingerprint density at radius 1 is 0.667 bits per heavy atom. The molecule has 0 bridgehead atoms. The van der Waals surface area contributed by atoms with E-state index >= 15 is 0 Å². The predicted octanol–water partition coefficient (Wildman–Crippen LogP) is -0.364. The zero-order valence-electron chi connectivity index (χ0n) is 2.26. The molecule has 0 aliphatic rings. The fourth-order valence-corrected chi connectivity index (χ4v) is 0. The van der Waals surface area contributed by atoms with Crippen molar-refractivity contribution >= 4 is 0 Å². The fourth-order valence-electron chi connectivity index (χ4n) is 0. The minimum Gasteiger partial charge on any atom is -2.00 e. The van der Waals surface area contributed by atoms with Gasteiger partial charge in [-0.2, -0.15) is 0 Å². The van der Waals surface area contributed by atoms with Crippen LogP contribution in [0.2, 0.25) is 0 Å². The SMILES string of the molecule is [Cu+2].[Fe+2].[Mn+2].[O-2].[O-2].[O-2]. The van der Waals surface area contributed by atoms with Gasteiger partial charge in [0.1, 0.15) is 0 Å². The molecule has 0 aliphatic carbocycles. The van der Waals surface area contributed by atoms with Gasteiger partial charge in [-0.05, 0) is 0 Å². The summed E-state index contributed by atoms with van der Waals surface area (Å²) in [6, 6.07) is 0. The van der Waals surface area contributed by atoms with Crippen molar-refractivity contribution in [1.82, 2.24) is 0 Å². The Bertz CT molecular complexity index is 10.8. The molecule has 3 nitrogen and oxygen atoms in total. The van der Waals surface area contributed by atoms with Gasteiger partial charge in [0.05, 0.1) is 0 Å². The summed E-state index contributed by atoms with van der Waals surface area (Å²) in [5, 5.41) is 0. The molecular formula is CuFeMnO3. The molecular weight excluding hydrogens is 222 g/mol. The first-order valence-electron chi connectivity index (χ1n) is 0. The van der Waals surface area contributed by atoms with Gasteiger partial charge in [0.25, 0.3) is 0 Å². The molecule has 0 saturated carbocycles. The van der Waals surface area contributed by atoms with Crippen LogP contribution in [0.3, 0.4) is 0 Å². The molecule has 0 spiro atoms. The van der Waals surface area contributed by atoms with Crippen molar-refractivity contribution in [2.24, 2.45) is 0 Å². The Labute approximate surface area is 67.6 Å². The van der Waals surface area contributed by atoms with E-state index in [9.17, 15) is 0 Å². The largest absolute Gasteiger partial charge is 2.00 e. The molecule has 0 saturated heterocycles. The van der Waals surface area contributed by atoms with Gasteiger partial charge in [-0.25, -0.2) is 0 Å². The second kappa shape index (κ2) is 92.0. The van der Waals surface area contributed by atoms with Crippen molar-refractivity contribution in [3.63, 3.8) is 0 Å².